The predicted molar refractivity (Wildman–Crippen MR) is 53.2 cm³/mol. The van der Waals surface area contributed by atoms with Crippen molar-refractivity contribution in [1.82, 2.24) is 0 Å². The fourth-order valence-corrected chi connectivity index (χ4v) is 2.17. The predicted octanol–water partition coefficient (Wildman–Crippen LogP) is 1.22. The van der Waals surface area contributed by atoms with Gasteiger partial charge in [-0.2, -0.15) is 0 Å². The summed E-state index contributed by atoms with van der Waals surface area (Å²) < 4.78 is 0. The first kappa shape index (κ1) is 16.4. The fraction of sp³-hybridized carbons (Fsp3) is 0.778. The fourth-order valence-electron chi connectivity index (χ4n) is 2.17. The van der Waals surface area contributed by atoms with Crippen molar-refractivity contribution in [2.45, 2.75) is 32.1 Å². The summed E-state index contributed by atoms with van der Waals surface area (Å²) in [6.45, 7) is -0.500. The summed E-state index contributed by atoms with van der Waals surface area (Å²) in [5.74, 6) is 2.34. The van der Waals surface area contributed by atoms with Gasteiger partial charge in [-0.25, -0.2) is 0 Å². The molecule has 0 aromatic heterocycles. The van der Waals surface area contributed by atoms with E-state index in [1.807, 2.05) is 0 Å². The van der Waals surface area contributed by atoms with Crippen LogP contribution in [-0.4, -0.2) is 52.7 Å². The SMILES string of the molecule is C1CC2CCC1C2.O=CO.O=CO.[Na]. The van der Waals surface area contributed by atoms with E-state index in [4.69, 9.17) is 19.8 Å². The topological polar surface area (TPSA) is 74.6 Å². The van der Waals surface area contributed by atoms with Crippen LogP contribution in [0.2, 0.25) is 0 Å². The number of hydrogen-bond acceptors (Lipinski definition) is 2. The second-order valence-corrected chi connectivity index (χ2v) is 3.33. The third-order valence-electron chi connectivity index (χ3n) is 2.63. The zero-order valence-corrected chi connectivity index (χ0v) is 10.6. The standard InChI is InChI=1S/C7H12.2CH2O2.Na/c1-2-7-4-3-6(1)5-7;2*2-1-3;/h6-7H,1-5H2;2*1H,(H,2,3);. The Kier molecular flexibility index (Phi) is 12.9. The van der Waals surface area contributed by atoms with E-state index in [1.165, 1.54) is 11.8 Å². The molecule has 0 atom stereocenters. The first-order chi connectivity index (χ1) is 6.28. The van der Waals surface area contributed by atoms with Crippen LogP contribution in [0.4, 0.5) is 0 Å². The average molecular weight is 211 g/mol. The van der Waals surface area contributed by atoms with Crippen molar-refractivity contribution in [3.8, 4) is 0 Å². The molecular formula is C9H16NaO4. The molecule has 0 heterocycles. The molecule has 0 amide bonds. The molecule has 0 unspecified atom stereocenters. The molecule has 0 aromatic rings. The molecular weight excluding hydrogens is 195 g/mol. The quantitative estimate of drug-likeness (QED) is 0.466. The summed E-state index contributed by atoms with van der Waals surface area (Å²) in [6, 6.07) is 0. The minimum absolute atomic E-state index is 0. The molecule has 2 N–H and O–H groups in total. The van der Waals surface area contributed by atoms with Crippen LogP contribution in [0.5, 0.6) is 0 Å². The summed E-state index contributed by atoms with van der Waals surface area (Å²) in [5, 5.41) is 13.8. The van der Waals surface area contributed by atoms with Crippen molar-refractivity contribution in [3.63, 3.8) is 0 Å². The van der Waals surface area contributed by atoms with Gasteiger partial charge in [0.05, 0.1) is 0 Å². The second-order valence-electron chi connectivity index (χ2n) is 3.33. The van der Waals surface area contributed by atoms with Crippen LogP contribution in [0.1, 0.15) is 32.1 Å². The molecule has 77 valence electrons. The molecule has 0 saturated heterocycles. The van der Waals surface area contributed by atoms with Crippen LogP contribution >= 0.6 is 0 Å². The Morgan fingerprint density at radius 1 is 0.857 bits per heavy atom. The number of hydrogen-bond donors (Lipinski definition) is 2. The molecule has 1 radical (unpaired) electrons. The van der Waals surface area contributed by atoms with Crippen molar-refractivity contribution in [2.75, 3.05) is 0 Å². The zero-order valence-electron chi connectivity index (χ0n) is 8.56. The maximum absolute atomic E-state index is 8.36. The Balaban J connectivity index is 0. The second kappa shape index (κ2) is 11.0. The van der Waals surface area contributed by atoms with Gasteiger partial charge in [-0.15, -0.1) is 0 Å². The Morgan fingerprint density at radius 3 is 1.14 bits per heavy atom. The van der Waals surface area contributed by atoms with Crippen LogP contribution in [0.15, 0.2) is 0 Å². The first-order valence-electron chi connectivity index (χ1n) is 4.44. The normalized spacial score (nSPS) is 25.7. The van der Waals surface area contributed by atoms with Crippen LogP contribution in [-0.2, 0) is 9.59 Å². The van der Waals surface area contributed by atoms with Crippen molar-refractivity contribution >= 4 is 42.5 Å². The van der Waals surface area contributed by atoms with E-state index >= 15 is 0 Å². The molecule has 2 saturated carbocycles. The summed E-state index contributed by atoms with van der Waals surface area (Å²) in [7, 11) is 0. The van der Waals surface area contributed by atoms with E-state index in [9.17, 15) is 0 Å². The molecule has 2 aliphatic rings. The molecule has 14 heavy (non-hydrogen) atoms. The minimum atomic E-state index is -0.250. The van der Waals surface area contributed by atoms with E-state index in [0.717, 1.165) is 0 Å². The molecule has 5 heteroatoms. The molecule has 2 rings (SSSR count). The molecule has 2 fully saturated rings. The van der Waals surface area contributed by atoms with E-state index in [-0.39, 0.29) is 42.5 Å². The first-order valence-corrected chi connectivity index (χ1v) is 4.44. The number of carbonyl (C=O) groups is 2. The van der Waals surface area contributed by atoms with Gasteiger partial charge >= 0.3 is 0 Å². The minimum Gasteiger partial charge on any atom is -0.483 e. The zero-order chi connectivity index (χ0) is 10.1. The Morgan fingerprint density at radius 2 is 1.07 bits per heavy atom. The van der Waals surface area contributed by atoms with Crippen LogP contribution < -0.4 is 0 Å². The molecule has 4 nitrogen and oxygen atoms in total. The van der Waals surface area contributed by atoms with E-state index in [0.29, 0.717) is 0 Å². The van der Waals surface area contributed by atoms with E-state index < -0.39 is 0 Å². The molecule has 0 spiro atoms. The van der Waals surface area contributed by atoms with Crippen molar-refractivity contribution < 1.29 is 19.8 Å². The molecule has 0 aliphatic heterocycles. The van der Waals surface area contributed by atoms with Gasteiger partial charge in [0.25, 0.3) is 12.9 Å². The third-order valence-corrected chi connectivity index (χ3v) is 2.63. The van der Waals surface area contributed by atoms with E-state index in [1.54, 1.807) is 32.1 Å². The number of fused-ring (bicyclic) bond motifs is 2. The third kappa shape index (κ3) is 7.35. The van der Waals surface area contributed by atoms with Gasteiger partial charge < -0.3 is 10.2 Å². The number of rotatable bonds is 0. The Labute approximate surface area is 106 Å². The maximum atomic E-state index is 8.36. The van der Waals surface area contributed by atoms with Crippen molar-refractivity contribution in [1.29, 1.82) is 0 Å². The Bertz CT molecular complexity index is 128. The number of carboxylic acid groups (broad SMARTS) is 2. The van der Waals surface area contributed by atoms with Crippen molar-refractivity contribution in [2.24, 2.45) is 11.8 Å². The van der Waals surface area contributed by atoms with Gasteiger partial charge in [0.1, 0.15) is 0 Å². The van der Waals surface area contributed by atoms with Crippen molar-refractivity contribution in [3.05, 3.63) is 0 Å². The van der Waals surface area contributed by atoms with Gasteiger partial charge in [-0.05, 0) is 18.3 Å². The smallest absolute Gasteiger partial charge is 0.290 e. The van der Waals surface area contributed by atoms with Gasteiger partial charge in [0, 0.05) is 29.6 Å². The average Bonchev–Trinajstić information content (AvgIpc) is 2.69. The van der Waals surface area contributed by atoms with Gasteiger partial charge in [-0.3, -0.25) is 9.59 Å². The van der Waals surface area contributed by atoms with E-state index in [2.05, 4.69) is 0 Å². The van der Waals surface area contributed by atoms with Gasteiger partial charge in [-0.1, -0.05) is 25.7 Å². The molecule has 2 bridgehead atoms. The Hall–Kier alpha value is -0.0600. The summed E-state index contributed by atoms with van der Waals surface area (Å²) in [6.07, 6.45) is 7.82. The summed E-state index contributed by atoms with van der Waals surface area (Å²) >= 11 is 0. The maximum Gasteiger partial charge on any atom is 0.290 e. The molecule has 0 aromatic carbocycles. The summed E-state index contributed by atoms with van der Waals surface area (Å²) in [5.41, 5.74) is 0. The largest absolute Gasteiger partial charge is 0.483 e. The van der Waals surface area contributed by atoms with Gasteiger partial charge in [0.15, 0.2) is 0 Å². The van der Waals surface area contributed by atoms with Crippen LogP contribution in [0.25, 0.3) is 0 Å². The molecule has 2 aliphatic carbocycles. The van der Waals surface area contributed by atoms with Gasteiger partial charge in [0.2, 0.25) is 0 Å². The van der Waals surface area contributed by atoms with Crippen LogP contribution in [0.3, 0.4) is 0 Å². The van der Waals surface area contributed by atoms with Crippen LogP contribution in [0, 0.1) is 11.8 Å². The summed E-state index contributed by atoms with van der Waals surface area (Å²) in [4.78, 5) is 16.7. The monoisotopic (exact) mass is 211 g/mol.